The summed E-state index contributed by atoms with van der Waals surface area (Å²) in [5.41, 5.74) is 3.17. The highest BCUT2D eigenvalue weighted by atomic mass is 35.5. The molecule has 0 amide bonds. The molecule has 4 nitrogen and oxygen atoms in total. The van der Waals surface area contributed by atoms with Crippen LogP contribution in [0, 0.1) is 0 Å². The monoisotopic (exact) mass is 479 g/mol. The first-order chi connectivity index (χ1) is 15.6. The van der Waals surface area contributed by atoms with E-state index in [-0.39, 0.29) is 0 Å². The minimum Gasteiger partial charge on any atom is -0.489 e. The summed E-state index contributed by atoms with van der Waals surface area (Å²) >= 11 is 13.4. The molecular weight excluding hydrogens is 465 g/mol. The fraction of sp³-hybridized carbons (Fsp3) is 0.0400. The summed E-state index contributed by atoms with van der Waals surface area (Å²) in [5.74, 6) is 0.583. The Morgan fingerprint density at radius 3 is 2.59 bits per heavy atom. The van der Waals surface area contributed by atoms with Crippen LogP contribution in [0.4, 0.5) is 0 Å². The number of fused-ring (bicyclic) bond motifs is 1. The van der Waals surface area contributed by atoms with Crippen LogP contribution < -0.4 is 10.4 Å². The second-order valence-corrected chi connectivity index (χ2v) is 8.76. The van der Waals surface area contributed by atoms with Crippen molar-refractivity contribution < 1.29 is 9.15 Å². The highest BCUT2D eigenvalue weighted by Crippen LogP contribution is 2.30. The minimum absolute atomic E-state index is 0.312. The molecular formula is C25H15Cl2NO3S. The average molecular weight is 480 g/mol. The zero-order valence-electron chi connectivity index (χ0n) is 16.5. The van der Waals surface area contributed by atoms with E-state index >= 15 is 0 Å². The third kappa shape index (κ3) is 4.28. The molecule has 0 N–H and O–H groups in total. The van der Waals surface area contributed by atoms with Gasteiger partial charge in [-0.1, -0.05) is 59.6 Å². The lowest BCUT2D eigenvalue weighted by atomic mass is 10.1. The van der Waals surface area contributed by atoms with E-state index in [1.165, 1.54) is 11.3 Å². The summed E-state index contributed by atoms with van der Waals surface area (Å²) in [4.78, 5) is 17.3. The highest BCUT2D eigenvalue weighted by Gasteiger charge is 2.13. The van der Waals surface area contributed by atoms with Crippen molar-refractivity contribution in [2.45, 2.75) is 6.61 Å². The lowest BCUT2D eigenvalue weighted by molar-refractivity contribution is 0.306. The summed E-state index contributed by atoms with van der Waals surface area (Å²) < 4.78 is 11.4. The minimum atomic E-state index is -0.437. The molecule has 0 unspecified atom stereocenters. The summed E-state index contributed by atoms with van der Waals surface area (Å²) in [6.07, 6.45) is 0. The van der Waals surface area contributed by atoms with E-state index in [0.29, 0.717) is 38.6 Å². The van der Waals surface area contributed by atoms with Crippen LogP contribution in [0.3, 0.4) is 0 Å². The van der Waals surface area contributed by atoms with E-state index in [2.05, 4.69) is 4.98 Å². The van der Waals surface area contributed by atoms with Gasteiger partial charge in [0.2, 0.25) is 0 Å². The van der Waals surface area contributed by atoms with Crippen molar-refractivity contribution >= 4 is 45.5 Å². The van der Waals surface area contributed by atoms with E-state index in [1.807, 2.05) is 53.9 Å². The van der Waals surface area contributed by atoms with Gasteiger partial charge in [-0.05, 0) is 35.9 Å². The first-order valence-corrected chi connectivity index (χ1v) is 11.4. The average Bonchev–Trinajstić information content (AvgIpc) is 3.30. The molecule has 3 aromatic carbocycles. The highest BCUT2D eigenvalue weighted by molar-refractivity contribution is 7.13. The molecule has 158 valence electrons. The molecule has 7 heteroatoms. The van der Waals surface area contributed by atoms with Crippen molar-refractivity contribution in [3.05, 3.63) is 104 Å². The summed E-state index contributed by atoms with van der Waals surface area (Å²) in [6, 6.07) is 22.4. The van der Waals surface area contributed by atoms with E-state index in [4.69, 9.17) is 32.4 Å². The number of rotatable bonds is 5. The van der Waals surface area contributed by atoms with Crippen LogP contribution in [-0.4, -0.2) is 4.98 Å². The Bertz CT molecular complexity index is 1480. The number of nitrogens with zero attached hydrogens (tertiary/aromatic N) is 1. The first kappa shape index (κ1) is 20.8. The van der Waals surface area contributed by atoms with Crippen molar-refractivity contribution in [2.24, 2.45) is 0 Å². The Balaban J connectivity index is 1.40. The van der Waals surface area contributed by atoms with Crippen LogP contribution >= 0.6 is 34.5 Å². The molecule has 0 spiro atoms. The van der Waals surface area contributed by atoms with Crippen molar-refractivity contribution in [1.29, 1.82) is 0 Å². The van der Waals surface area contributed by atoms with Gasteiger partial charge in [0.1, 0.15) is 22.9 Å². The SMILES string of the molecule is O=c1oc2cc(OCc3ccc(Cl)c(Cl)c3)ccc2cc1-c1nc(-c2ccccc2)cs1. The van der Waals surface area contributed by atoms with Crippen LogP contribution in [0.1, 0.15) is 5.56 Å². The number of halogens is 2. The topological polar surface area (TPSA) is 52.3 Å². The number of benzene rings is 3. The predicted octanol–water partition coefficient (Wildman–Crippen LogP) is 7.47. The van der Waals surface area contributed by atoms with Gasteiger partial charge in [-0.25, -0.2) is 9.78 Å². The second kappa shape index (κ2) is 8.79. The normalized spacial score (nSPS) is 11.1. The molecule has 5 rings (SSSR count). The van der Waals surface area contributed by atoms with E-state index in [0.717, 1.165) is 22.2 Å². The van der Waals surface area contributed by atoms with Gasteiger partial charge < -0.3 is 9.15 Å². The fourth-order valence-electron chi connectivity index (χ4n) is 3.27. The number of thiazole rings is 1. The van der Waals surface area contributed by atoms with E-state index < -0.39 is 5.63 Å². The zero-order chi connectivity index (χ0) is 22.1. The molecule has 0 aliphatic rings. The van der Waals surface area contributed by atoms with Crippen LogP contribution in [0.25, 0.3) is 32.8 Å². The predicted molar refractivity (Wildman–Crippen MR) is 130 cm³/mol. The van der Waals surface area contributed by atoms with Crippen molar-refractivity contribution in [2.75, 3.05) is 0 Å². The number of aromatic nitrogens is 1. The summed E-state index contributed by atoms with van der Waals surface area (Å²) in [6.45, 7) is 0.312. The lowest BCUT2D eigenvalue weighted by Gasteiger charge is -2.08. The van der Waals surface area contributed by atoms with Gasteiger partial charge in [-0.3, -0.25) is 0 Å². The van der Waals surface area contributed by atoms with E-state index in [9.17, 15) is 4.79 Å². The molecule has 0 aliphatic heterocycles. The van der Waals surface area contributed by atoms with Gasteiger partial charge in [0.15, 0.2) is 0 Å². The maximum absolute atomic E-state index is 12.7. The molecule has 32 heavy (non-hydrogen) atoms. The Morgan fingerprint density at radius 1 is 0.938 bits per heavy atom. The molecule has 0 aliphatic carbocycles. The number of hydrogen-bond acceptors (Lipinski definition) is 5. The standard InChI is InChI=1S/C25H15Cl2NO3S/c26-20-9-6-15(10-21(20)27)13-30-18-8-7-17-11-19(25(29)31-23(17)12-18)24-28-22(14-32-24)16-4-2-1-3-5-16/h1-12,14H,13H2. The lowest BCUT2D eigenvalue weighted by Crippen LogP contribution is -2.03. The van der Waals surface area contributed by atoms with Gasteiger partial charge >= 0.3 is 5.63 Å². The van der Waals surface area contributed by atoms with Crippen LogP contribution in [0.5, 0.6) is 5.75 Å². The van der Waals surface area contributed by atoms with E-state index in [1.54, 1.807) is 24.3 Å². The summed E-state index contributed by atoms with van der Waals surface area (Å²) in [5, 5.41) is 4.32. The van der Waals surface area contributed by atoms with Crippen molar-refractivity contribution in [3.63, 3.8) is 0 Å². The van der Waals surface area contributed by atoms with Gasteiger partial charge in [0.05, 0.1) is 21.3 Å². The Hall–Kier alpha value is -3.12. The molecule has 0 saturated carbocycles. The molecule has 0 fully saturated rings. The fourth-order valence-corrected chi connectivity index (χ4v) is 4.42. The summed E-state index contributed by atoms with van der Waals surface area (Å²) in [7, 11) is 0. The van der Waals surface area contributed by atoms with Crippen molar-refractivity contribution in [3.8, 4) is 27.6 Å². The molecule has 0 radical (unpaired) electrons. The maximum atomic E-state index is 12.7. The van der Waals surface area contributed by atoms with Gasteiger partial charge in [-0.2, -0.15) is 0 Å². The zero-order valence-corrected chi connectivity index (χ0v) is 18.9. The van der Waals surface area contributed by atoms with Crippen LogP contribution in [0.15, 0.2) is 87.4 Å². The van der Waals surface area contributed by atoms with Crippen LogP contribution in [0.2, 0.25) is 10.0 Å². The molecule has 2 aromatic heterocycles. The second-order valence-electron chi connectivity index (χ2n) is 7.09. The number of ether oxygens (including phenoxy) is 1. The Labute approximate surface area is 197 Å². The first-order valence-electron chi connectivity index (χ1n) is 9.73. The molecule has 0 saturated heterocycles. The Kier molecular flexibility index (Phi) is 5.70. The third-order valence-electron chi connectivity index (χ3n) is 4.90. The largest absolute Gasteiger partial charge is 0.489 e. The van der Waals surface area contributed by atoms with Gasteiger partial charge in [-0.15, -0.1) is 11.3 Å². The smallest absolute Gasteiger partial charge is 0.346 e. The van der Waals surface area contributed by atoms with Gasteiger partial charge in [0.25, 0.3) is 0 Å². The Morgan fingerprint density at radius 2 is 1.78 bits per heavy atom. The third-order valence-corrected chi connectivity index (χ3v) is 6.52. The number of hydrogen-bond donors (Lipinski definition) is 0. The molecule has 0 atom stereocenters. The molecule has 0 bridgehead atoms. The van der Waals surface area contributed by atoms with Crippen molar-refractivity contribution in [1.82, 2.24) is 4.98 Å². The van der Waals surface area contributed by atoms with Crippen LogP contribution in [-0.2, 0) is 6.61 Å². The quantitative estimate of drug-likeness (QED) is 0.245. The molecule has 5 aromatic rings. The maximum Gasteiger partial charge on any atom is 0.346 e. The van der Waals surface area contributed by atoms with Gasteiger partial charge in [0, 0.05) is 22.4 Å². The molecule has 2 heterocycles.